The van der Waals surface area contributed by atoms with Crippen molar-refractivity contribution in [3.63, 3.8) is 0 Å². The van der Waals surface area contributed by atoms with E-state index in [0.717, 1.165) is 13.0 Å². The second-order valence-electron chi connectivity index (χ2n) is 4.03. The van der Waals surface area contributed by atoms with Crippen LogP contribution >= 0.6 is 11.3 Å². The average Bonchev–Trinajstić information content (AvgIpc) is 2.90. The molecule has 0 N–H and O–H groups in total. The summed E-state index contributed by atoms with van der Waals surface area (Å²) in [5, 5.41) is 11.2. The van der Waals surface area contributed by atoms with Crippen molar-refractivity contribution >= 4 is 11.3 Å². The van der Waals surface area contributed by atoms with Gasteiger partial charge in [-0.2, -0.15) is 5.26 Å². The predicted molar refractivity (Wildman–Crippen MR) is 63.0 cm³/mol. The maximum Gasteiger partial charge on any atom is 0.0818 e. The number of hydrogen-bond donors (Lipinski definition) is 0. The highest BCUT2D eigenvalue weighted by Crippen LogP contribution is 2.24. The highest BCUT2D eigenvalue weighted by atomic mass is 32.1. The van der Waals surface area contributed by atoms with Gasteiger partial charge in [0, 0.05) is 4.88 Å². The van der Waals surface area contributed by atoms with E-state index < -0.39 is 0 Å². The molecule has 0 bridgehead atoms. The molecule has 80 valence electrons. The molecule has 1 aromatic rings. The van der Waals surface area contributed by atoms with E-state index in [-0.39, 0.29) is 5.92 Å². The molecule has 0 amide bonds. The molecule has 0 aliphatic carbocycles. The normalized spacial score (nSPS) is 18.9. The fraction of sp³-hybridized carbons (Fsp3) is 0.583. The van der Waals surface area contributed by atoms with Gasteiger partial charge in [-0.25, -0.2) is 0 Å². The minimum atomic E-state index is 0.102. The molecule has 0 spiro atoms. The van der Waals surface area contributed by atoms with Crippen LogP contribution in [-0.2, 0) is 0 Å². The van der Waals surface area contributed by atoms with Crippen LogP contribution < -0.4 is 0 Å². The third kappa shape index (κ3) is 2.80. The number of rotatable bonds is 4. The van der Waals surface area contributed by atoms with Gasteiger partial charge in [-0.3, -0.25) is 0 Å². The van der Waals surface area contributed by atoms with Crippen LogP contribution in [0.25, 0.3) is 0 Å². The Balaban J connectivity index is 1.84. The topological polar surface area (TPSA) is 27.0 Å². The quantitative estimate of drug-likeness (QED) is 0.780. The van der Waals surface area contributed by atoms with Crippen molar-refractivity contribution in [3.05, 3.63) is 22.4 Å². The van der Waals surface area contributed by atoms with Crippen LogP contribution in [-0.4, -0.2) is 24.5 Å². The van der Waals surface area contributed by atoms with Crippen molar-refractivity contribution in [2.75, 3.05) is 19.6 Å². The molecular weight excluding hydrogens is 204 g/mol. The van der Waals surface area contributed by atoms with Crippen LogP contribution in [0, 0.1) is 11.3 Å². The Morgan fingerprint density at radius 3 is 2.87 bits per heavy atom. The Bertz CT molecular complexity index is 320. The molecule has 1 unspecified atom stereocenters. The number of thiophene rings is 1. The Labute approximate surface area is 95.1 Å². The molecule has 3 heteroatoms. The van der Waals surface area contributed by atoms with Gasteiger partial charge in [0.05, 0.1) is 12.0 Å². The summed E-state index contributed by atoms with van der Waals surface area (Å²) >= 11 is 1.70. The Kier molecular flexibility index (Phi) is 3.76. The van der Waals surface area contributed by atoms with Crippen molar-refractivity contribution in [1.29, 1.82) is 5.26 Å². The summed E-state index contributed by atoms with van der Waals surface area (Å²) in [4.78, 5) is 3.69. The second-order valence-corrected chi connectivity index (χ2v) is 5.01. The summed E-state index contributed by atoms with van der Waals surface area (Å²) < 4.78 is 0. The van der Waals surface area contributed by atoms with Gasteiger partial charge >= 0.3 is 0 Å². The number of likely N-dealkylation sites (tertiary alicyclic amines) is 1. The van der Waals surface area contributed by atoms with Crippen molar-refractivity contribution in [3.8, 4) is 6.07 Å². The lowest BCUT2D eigenvalue weighted by molar-refractivity contribution is 0.330. The first-order chi connectivity index (χ1) is 7.40. The first-order valence-electron chi connectivity index (χ1n) is 5.55. The summed E-state index contributed by atoms with van der Waals surface area (Å²) in [6, 6.07) is 6.51. The van der Waals surface area contributed by atoms with E-state index in [0.29, 0.717) is 0 Å². The van der Waals surface area contributed by atoms with Crippen molar-refractivity contribution < 1.29 is 0 Å². The maximum absolute atomic E-state index is 9.11. The van der Waals surface area contributed by atoms with Gasteiger partial charge in [-0.15, -0.1) is 11.3 Å². The van der Waals surface area contributed by atoms with Crippen LogP contribution in [0.1, 0.15) is 30.1 Å². The largest absolute Gasteiger partial charge is 0.303 e. The van der Waals surface area contributed by atoms with E-state index in [9.17, 15) is 0 Å². The minimum Gasteiger partial charge on any atom is -0.303 e. The van der Waals surface area contributed by atoms with Crippen LogP contribution in [0.2, 0.25) is 0 Å². The third-order valence-electron chi connectivity index (χ3n) is 2.98. The summed E-state index contributed by atoms with van der Waals surface area (Å²) in [5.41, 5.74) is 0. The molecule has 15 heavy (non-hydrogen) atoms. The number of nitriles is 1. The molecule has 0 aromatic carbocycles. The molecule has 2 nitrogen and oxygen atoms in total. The second kappa shape index (κ2) is 5.29. The van der Waals surface area contributed by atoms with Crippen molar-refractivity contribution in [2.45, 2.75) is 25.2 Å². The lowest BCUT2D eigenvalue weighted by Crippen LogP contribution is -2.21. The predicted octanol–water partition coefficient (Wildman–Crippen LogP) is 2.84. The molecule has 1 aromatic heterocycles. The smallest absolute Gasteiger partial charge is 0.0818 e. The molecule has 1 aliphatic rings. The van der Waals surface area contributed by atoms with Gasteiger partial charge in [0.1, 0.15) is 0 Å². The molecule has 2 heterocycles. The van der Waals surface area contributed by atoms with Gasteiger partial charge in [0.2, 0.25) is 0 Å². The van der Waals surface area contributed by atoms with Gasteiger partial charge in [0.25, 0.3) is 0 Å². The minimum absolute atomic E-state index is 0.102. The standard InChI is InChI=1S/C12H16N2S/c13-10-11(12-4-3-9-15-12)5-8-14-6-1-2-7-14/h3-4,9,11H,1-2,5-8H2. The zero-order valence-electron chi connectivity index (χ0n) is 8.85. The van der Waals surface area contributed by atoms with Crippen LogP contribution in [0.4, 0.5) is 0 Å². The fourth-order valence-corrected chi connectivity index (χ4v) is 2.88. The zero-order valence-corrected chi connectivity index (χ0v) is 9.67. The van der Waals surface area contributed by atoms with E-state index in [1.54, 1.807) is 11.3 Å². The molecule has 1 aliphatic heterocycles. The first-order valence-corrected chi connectivity index (χ1v) is 6.43. The lowest BCUT2D eigenvalue weighted by Gasteiger charge is -2.15. The molecule has 1 saturated heterocycles. The molecule has 0 saturated carbocycles. The third-order valence-corrected chi connectivity index (χ3v) is 3.96. The van der Waals surface area contributed by atoms with Gasteiger partial charge in [0.15, 0.2) is 0 Å². The van der Waals surface area contributed by atoms with E-state index in [1.807, 2.05) is 6.07 Å². The number of nitrogens with zero attached hydrogens (tertiary/aromatic N) is 2. The average molecular weight is 220 g/mol. The SMILES string of the molecule is N#CC(CCN1CCCC1)c1cccs1. The first kappa shape index (κ1) is 10.7. The van der Waals surface area contributed by atoms with E-state index in [1.165, 1.54) is 30.8 Å². The zero-order chi connectivity index (χ0) is 10.5. The Morgan fingerprint density at radius 1 is 1.47 bits per heavy atom. The van der Waals surface area contributed by atoms with E-state index in [2.05, 4.69) is 22.4 Å². The van der Waals surface area contributed by atoms with Crippen LogP contribution in [0.15, 0.2) is 17.5 Å². The van der Waals surface area contributed by atoms with Gasteiger partial charge in [-0.1, -0.05) is 6.07 Å². The summed E-state index contributed by atoms with van der Waals surface area (Å²) in [6.07, 6.45) is 3.64. The fourth-order valence-electron chi connectivity index (χ4n) is 2.08. The van der Waals surface area contributed by atoms with Crippen molar-refractivity contribution in [1.82, 2.24) is 4.90 Å². The summed E-state index contributed by atoms with van der Waals surface area (Å²) in [6.45, 7) is 3.53. The number of hydrogen-bond acceptors (Lipinski definition) is 3. The van der Waals surface area contributed by atoms with Gasteiger partial charge < -0.3 is 4.90 Å². The van der Waals surface area contributed by atoms with Gasteiger partial charge in [-0.05, 0) is 50.3 Å². The highest BCUT2D eigenvalue weighted by molar-refractivity contribution is 7.10. The molecule has 0 radical (unpaired) electrons. The monoisotopic (exact) mass is 220 g/mol. The Hall–Kier alpha value is -0.850. The van der Waals surface area contributed by atoms with Crippen LogP contribution in [0.5, 0.6) is 0 Å². The Morgan fingerprint density at radius 2 is 2.27 bits per heavy atom. The summed E-state index contributed by atoms with van der Waals surface area (Å²) in [7, 11) is 0. The van der Waals surface area contributed by atoms with E-state index in [4.69, 9.17) is 5.26 Å². The summed E-state index contributed by atoms with van der Waals surface area (Å²) in [5.74, 6) is 0.102. The molecule has 1 fully saturated rings. The lowest BCUT2D eigenvalue weighted by atomic mass is 10.1. The van der Waals surface area contributed by atoms with Crippen LogP contribution in [0.3, 0.4) is 0 Å². The maximum atomic E-state index is 9.11. The highest BCUT2D eigenvalue weighted by Gasteiger charge is 2.16. The molecule has 1 atom stereocenters. The van der Waals surface area contributed by atoms with E-state index >= 15 is 0 Å². The molecule has 2 rings (SSSR count). The molecular formula is C12H16N2S. The van der Waals surface area contributed by atoms with Crippen molar-refractivity contribution in [2.24, 2.45) is 0 Å².